The van der Waals surface area contributed by atoms with Gasteiger partial charge in [0.1, 0.15) is 19.8 Å². The highest BCUT2D eigenvalue weighted by Crippen LogP contribution is 2.43. The van der Waals surface area contributed by atoms with Gasteiger partial charge in [-0.3, -0.25) is 18.6 Å². The van der Waals surface area contributed by atoms with Gasteiger partial charge < -0.3 is 18.9 Å². The quantitative estimate of drug-likeness (QED) is 0.0211. The van der Waals surface area contributed by atoms with Crippen molar-refractivity contribution < 1.29 is 42.1 Å². The fourth-order valence-electron chi connectivity index (χ4n) is 11.5. The topological polar surface area (TPSA) is 108 Å². The number of unbranched alkanes of at least 4 members (excludes halogenated alkanes) is 34. The Labute approximate surface area is 629 Å². The molecule has 9 nitrogen and oxygen atoms in total. The van der Waals surface area contributed by atoms with E-state index in [0.29, 0.717) is 17.4 Å². The number of phosphoric acid groups is 1. The van der Waals surface area contributed by atoms with Gasteiger partial charge in [-0.1, -0.05) is 377 Å². The molecular weight excluding hydrogens is 1280 g/mol. The molecule has 0 saturated heterocycles. The maximum absolute atomic E-state index is 12.9. The van der Waals surface area contributed by atoms with Crippen LogP contribution in [0.3, 0.4) is 0 Å². The molecule has 0 aromatic heterocycles. The maximum atomic E-state index is 12.9. The Kier molecular flexibility index (Phi) is 76.8. The van der Waals surface area contributed by atoms with Crippen LogP contribution < -0.4 is 0 Å². The number of rotatable bonds is 76. The van der Waals surface area contributed by atoms with Crippen molar-refractivity contribution in [2.75, 3.05) is 47.5 Å². The summed E-state index contributed by atoms with van der Waals surface area (Å²) in [5, 5.41) is 0. The average molecular weight is 1440 g/mol. The van der Waals surface area contributed by atoms with E-state index in [1.807, 2.05) is 21.1 Å². The number of hydrogen-bond acceptors (Lipinski definition) is 7. The molecule has 0 aliphatic rings. The third kappa shape index (κ3) is 84.3. The molecule has 10 heteroatoms. The highest BCUT2D eigenvalue weighted by Gasteiger charge is 2.27. The van der Waals surface area contributed by atoms with Crippen molar-refractivity contribution in [1.29, 1.82) is 0 Å². The lowest BCUT2D eigenvalue weighted by Gasteiger charge is -2.24. The van der Waals surface area contributed by atoms with Crippen molar-refractivity contribution in [2.24, 2.45) is 0 Å². The van der Waals surface area contributed by atoms with Gasteiger partial charge in [0.25, 0.3) is 0 Å². The van der Waals surface area contributed by atoms with Crippen molar-refractivity contribution >= 4 is 19.8 Å². The molecule has 0 aromatic rings. The number of carbonyl (C=O) groups excluding carboxylic acids is 2. The van der Waals surface area contributed by atoms with Gasteiger partial charge >= 0.3 is 19.8 Å². The number of esters is 2. The van der Waals surface area contributed by atoms with Crippen molar-refractivity contribution in [3.8, 4) is 0 Å². The molecule has 2 unspecified atom stereocenters. The lowest BCUT2D eigenvalue weighted by Crippen LogP contribution is -2.37. The minimum absolute atomic E-state index is 0.0256. The molecule has 0 aliphatic heterocycles. The summed E-state index contributed by atoms with van der Waals surface area (Å²) >= 11 is 0. The van der Waals surface area contributed by atoms with Crippen LogP contribution in [-0.2, 0) is 32.7 Å². The van der Waals surface area contributed by atoms with Crippen LogP contribution in [0.15, 0.2) is 170 Å². The summed E-state index contributed by atoms with van der Waals surface area (Å²) in [5.41, 5.74) is 0. The fourth-order valence-corrected chi connectivity index (χ4v) is 12.2. The summed E-state index contributed by atoms with van der Waals surface area (Å²) in [6, 6.07) is 0. The summed E-state index contributed by atoms with van der Waals surface area (Å²) in [4.78, 5) is 36.0. The molecule has 2 atom stereocenters. The predicted octanol–water partition coefficient (Wildman–Crippen LogP) is 28.4. The first-order valence-electron chi connectivity index (χ1n) is 41.9. The lowest BCUT2D eigenvalue weighted by molar-refractivity contribution is -0.870. The van der Waals surface area contributed by atoms with Crippen LogP contribution in [0.4, 0.5) is 0 Å². The Hall–Kier alpha value is -4.63. The summed E-state index contributed by atoms with van der Waals surface area (Å²) in [6.45, 7) is 4.23. The first-order valence-corrected chi connectivity index (χ1v) is 43.4. The number of hydrogen-bond donors (Lipinski definition) is 1. The Morgan fingerprint density at radius 3 is 0.784 bits per heavy atom. The Balaban J connectivity index is 3.99. The molecule has 0 rings (SSSR count). The zero-order valence-corrected chi connectivity index (χ0v) is 67.4. The van der Waals surface area contributed by atoms with E-state index >= 15 is 0 Å². The molecule has 102 heavy (non-hydrogen) atoms. The van der Waals surface area contributed by atoms with Gasteiger partial charge in [0.05, 0.1) is 27.7 Å². The van der Waals surface area contributed by atoms with Crippen LogP contribution in [0.2, 0.25) is 0 Å². The molecule has 0 spiro atoms. The van der Waals surface area contributed by atoms with Gasteiger partial charge in [-0.15, -0.1) is 0 Å². The SMILES string of the molecule is CC/C=C\C/C=C\C/C=C\C/C=C\C/C=C\C/C=C\C/C=C\C/C=C\C/C=C\C/C=C\CCCCCCCCCCCCC(=O)OC(COC(=O)CCCCCCCCCCCCCCCCCCCCCCCCCC/C=C\C/C=C\C/C=C\C/C=C\CC)COP(=O)(O)OCC[N+](C)(C)C. The highest BCUT2D eigenvalue weighted by atomic mass is 31.2. The van der Waals surface area contributed by atoms with Crippen LogP contribution in [0.25, 0.3) is 0 Å². The number of quaternary nitrogens is 1. The van der Waals surface area contributed by atoms with Gasteiger partial charge in [-0.05, 0) is 128 Å². The van der Waals surface area contributed by atoms with Gasteiger partial charge in [0, 0.05) is 12.8 Å². The monoisotopic (exact) mass is 1440 g/mol. The third-order valence-electron chi connectivity index (χ3n) is 17.7. The Bertz CT molecular complexity index is 2340. The van der Waals surface area contributed by atoms with Crippen molar-refractivity contribution in [3.05, 3.63) is 170 Å². The Morgan fingerprint density at radius 1 is 0.304 bits per heavy atom. The highest BCUT2D eigenvalue weighted by molar-refractivity contribution is 7.47. The summed E-state index contributed by atoms with van der Waals surface area (Å²) in [6.07, 6.45) is 122. The minimum atomic E-state index is -4.41. The number of phosphoric ester groups is 1. The Morgan fingerprint density at radius 2 is 0.529 bits per heavy atom. The standard InChI is InChI=1S/C92H156NO8P/c1-6-8-10-12-14-16-18-20-22-24-26-28-30-32-34-36-38-40-42-44-45-46-47-49-51-53-55-57-59-61-63-65-67-69-71-73-75-77-79-81-83-85-92(95)101-90(89-100-102(96,97)99-87-86-93(3,4)5)88-98-91(94)84-82-80-78-76-74-72-70-68-66-64-62-60-58-56-54-52-50-48-43-41-39-37-35-33-31-29-27-25-23-21-19-17-15-13-11-9-7-2/h8-11,14-17,20-23,26-29,32,34,38,40,44-45,47,49,53,55,59,61,90H,6-7,12-13,18-19,24-25,30-31,33,35-37,39,41-43,46,48,50-52,54,56-58,60,62-89H2,1-5H3/p+1/b10-8-,11-9-,16-14-,17-15-,22-20-,23-21-,28-26-,29-27-,34-32-,40-38-,45-44-,49-47-,55-53-,61-59-. The molecule has 1 N–H and O–H groups in total. The number of nitrogens with zero attached hydrogens (tertiary/aromatic N) is 1. The fraction of sp³-hybridized carbons (Fsp3) is 0.674. The summed E-state index contributed by atoms with van der Waals surface area (Å²) in [7, 11) is 1.47. The molecule has 0 aromatic carbocycles. The van der Waals surface area contributed by atoms with E-state index in [2.05, 4.69) is 184 Å². The van der Waals surface area contributed by atoms with E-state index in [4.69, 9.17) is 18.5 Å². The van der Waals surface area contributed by atoms with Crippen LogP contribution in [0, 0.1) is 0 Å². The number of allylic oxidation sites excluding steroid dienone is 28. The first kappa shape index (κ1) is 97.4. The molecule has 0 bridgehead atoms. The normalized spacial score (nSPS) is 13.9. The largest absolute Gasteiger partial charge is 0.472 e. The molecule has 0 amide bonds. The second-order valence-corrected chi connectivity index (χ2v) is 30.2. The third-order valence-corrected chi connectivity index (χ3v) is 18.7. The molecule has 582 valence electrons. The van der Waals surface area contributed by atoms with E-state index in [1.54, 1.807) is 0 Å². The van der Waals surface area contributed by atoms with Crippen LogP contribution in [-0.4, -0.2) is 74.9 Å². The van der Waals surface area contributed by atoms with E-state index in [0.717, 1.165) is 135 Å². The van der Waals surface area contributed by atoms with Gasteiger partial charge in [0.2, 0.25) is 0 Å². The van der Waals surface area contributed by atoms with Crippen LogP contribution in [0.1, 0.15) is 348 Å². The van der Waals surface area contributed by atoms with Crippen molar-refractivity contribution in [2.45, 2.75) is 354 Å². The predicted molar refractivity (Wildman–Crippen MR) is 445 cm³/mol. The average Bonchev–Trinajstić information content (AvgIpc) is 0.916. The van der Waals surface area contributed by atoms with Crippen LogP contribution in [0.5, 0.6) is 0 Å². The smallest absolute Gasteiger partial charge is 0.462 e. The minimum Gasteiger partial charge on any atom is -0.462 e. The molecule has 0 heterocycles. The zero-order valence-electron chi connectivity index (χ0n) is 66.5. The van der Waals surface area contributed by atoms with Crippen molar-refractivity contribution in [1.82, 2.24) is 0 Å². The second-order valence-electron chi connectivity index (χ2n) is 28.7. The van der Waals surface area contributed by atoms with E-state index in [9.17, 15) is 19.0 Å². The number of likely N-dealkylation sites (N-methyl/N-ethyl adjacent to an activating group) is 1. The number of carbonyl (C=O) groups is 2. The van der Waals surface area contributed by atoms with Crippen molar-refractivity contribution in [3.63, 3.8) is 0 Å². The second kappa shape index (κ2) is 80.5. The molecule has 0 saturated carbocycles. The van der Waals surface area contributed by atoms with E-state index < -0.39 is 26.5 Å². The first-order chi connectivity index (χ1) is 50.0. The number of ether oxygens (including phenoxy) is 2. The van der Waals surface area contributed by atoms with Crippen LogP contribution >= 0.6 is 7.82 Å². The molecule has 0 aliphatic carbocycles. The zero-order chi connectivity index (χ0) is 74.0. The molecule has 0 fully saturated rings. The summed E-state index contributed by atoms with van der Waals surface area (Å²) in [5.74, 6) is -0.797. The lowest BCUT2D eigenvalue weighted by atomic mass is 10.0. The van der Waals surface area contributed by atoms with E-state index in [1.165, 1.54) is 180 Å². The van der Waals surface area contributed by atoms with Gasteiger partial charge in [-0.25, -0.2) is 4.57 Å². The van der Waals surface area contributed by atoms with Gasteiger partial charge in [0.15, 0.2) is 6.10 Å². The van der Waals surface area contributed by atoms with E-state index in [-0.39, 0.29) is 32.0 Å². The molecule has 0 radical (unpaired) electrons. The van der Waals surface area contributed by atoms with Gasteiger partial charge in [-0.2, -0.15) is 0 Å². The maximum Gasteiger partial charge on any atom is 0.472 e. The molecular formula is C92H157NO8P+. The summed E-state index contributed by atoms with van der Waals surface area (Å²) < 4.78 is 34.8.